The molecule has 1 amide bonds. The first kappa shape index (κ1) is 14.7. The van der Waals surface area contributed by atoms with Gasteiger partial charge >= 0.3 is 0 Å². The highest BCUT2D eigenvalue weighted by Crippen LogP contribution is 2.27. The van der Waals surface area contributed by atoms with Gasteiger partial charge in [-0.1, -0.05) is 17.7 Å². The molecular formula is C11H7Cl2N3O3S. The summed E-state index contributed by atoms with van der Waals surface area (Å²) in [5.74, 6) is -0.462. The lowest BCUT2D eigenvalue weighted by molar-refractivity contribution is -0.385. The van der Waals surface area contributed by atoms with Crippen LogP contribution < -0.4 is 5.32 Å². The van der Waals surface area contributed by atoms with E-state index in [2.05, 4.69) is 10.3 Å². The number of nitrogens with one attached hydrogen (secondary N) is 1. The predicted molar refractivity (Wildman–Crippen MR) is 77.7 cm³/mol. The van der Waals surface area contributed by atoms with E-state index in [4.69, 9.17) is 23.2 Å². The fraction of sp³-hybridized carbons (Fsp3) is 0.0909. The van der Waals surface area contributed by atoms with Crippen molar-refractivity contribution in [2.75, 3.05) is 5.32 Å². The van der Waals surface area contributed by atoms with Crippen molar-refractivity contribution in [2.24, 2.45) is 0 Å². The van der Waals surface area contributed by atoms with Crippen LogP contribution in [-0.4, -0.2) is 15.8 Å². The van der Waals surface area contributed by atoms with E-state index >= 15 is 0 Å². The number of alkyl halides is 1. The van der Waals surface area contributed by atoms with Gasteiger partial charge in [0.25, 0.3) is 11.6 Å². The first-order valence-corrected chi connectivity index (χ1v) is 7.06. The lowest BCUT2D eigenvalue weighted by atomic mass is 10.1. The van der Waals surface area contributed by atoms with Crippen LogP contribution in [0.15, 0.2) is 23.6 Å². The van der Waals surface area contributed by atoms with Gasteiger partial charge in [0, 0.05) is 11.4 Å². The number of nitro groups is 1. The third-order valence-electron chi connectivity index (χ3n) is 2.32. The van der Waals surface area contributed by atoms with Crippen molar-refractivity contribution in [2.45, 2.75) is 5.88 Å². The van der Waals surface area contributed by atoms with Gasteiger partial charge in [0.1, 0.15) is 5.56 Å². The number of carbonyl (C=O) groups is 1. The quantitative estimate of drug-likeness (QED) is 0.525. The van der Waals surface area contributed by atoms with Crippen LogP contribution in [0, 0.1) is 10.1 Å². The van der Waals surface area contributed by atoms with E-state index in [0.29, 0.717) is 10.8 Å². The Bertz CT molecular complexity index is 675. The Morgan fingerprint density at radius 3 is 2.85 bits per heavy atom. The number of hydrogen-bond donors (Lipinski definition) is 1. The number of halogens is 2. The van der Waals surface area contributed by atoms with E-state index in [1.165, 1.54) is 29.5 Å². The zero-order valence-electron chi connectivity index (χ0n) is 9.80. The molecule has 0 aliphatic carbocycles. The third kappa shape index (κ3) is 3.06. The molecule has 0 unspecified atom stereocenters. The second-order valence-electron chi connectivity index (χ2n) is 3.62. The van der Waals surface area contributed by atoms with Crippen LogP contribution >= 0.6 is 34.5 Å². The molecule has 0 saturated heterocycles. The maximum absolute atomic E-state index is 12.1. The van der Waals surface area contributed by atoms with Gasteiger partial charge in [-0.05, 0) is 6.07 Å². The number of nitrogens with zero attached hydrogens (tertiary/aromatic N) is 2. The van der Waals surface area contributed by atoms with E-state index in [-0.39, 0.29) is 22.2 Å². The molecule has 0 aliphatic heterocycles. The van der Waals surface area contributed by atoms with Crippen molar-refractivity contribution >= 4 is 51.3 Å². The Labute approximate surface area is 127 Å². The summed E-state index contributed by atoms with van der Waals surface area (Å²) in [7, 11) is 0. The highest BCUT2D eigenvalue weighted by atomic mass is 35.5. The number of benzene rings is 1. The van der Waals surface area contributed by atoms with E-state index in [0.717, 1.165) is 0 Å². The van der Waals surface area contributed by atoms with Gasteiger partial charge in [0.15, 0.2) is 5.13 Å². The van der Waals surface area contributed by atoms with Crippen molar-refractivity contribution < 1.29 is 9.72 Å². The fourth-order valence-corrected chi connectivity index (χ4v) is 2.66. The van der Waals surface area contributed by atoms with Crippen molar-refractivity contribution in [1.82, 2.24) is 4.98 Å². The molecule has 104 valence electrons. The average Bonchev–Trinajstić information content (AvgIpc) is 2.85. The van der Waals surface area contributed by atoms with Gasteiger partial charge in [0.05, 0.1) is 21.5 Å². The molecule has 1 heterocycles. The number of thiazole rings is 1. The van der Waals surface area contributed by atoms with Crippen LogP contribution in [0.2, 0.25) is 5.02 Å². The molecule has 0 radical (unpaired) electrons. The van der Waals surface area contributed by atoms with Crippen LogP contribution in [-0.2, 0) is 5.88 Å². The van der Waals surface area contributed by atoms with Crippen molar-refractivity contribution in [1.29, 1.82) is 0 Å². The van der Waals surface area contributed by atoms with Crippen LogP contribution in [0.4, 0.5) is 10.8 Å². The lowest BCUT2D eigenvalue weighted by Gasteiger charge is -2.04. The zero-order valence-corrected chi connectivity index (χ0v) is 12.1. The normalized spacial score (nSPS) is 10.3. The Morgan fingerprint density at radius 2 is 2.25 bits per heavy atom. The summed E-state index contributed by atoms with van der Waals surface area (Å²) in [4.78, 5) is 26.4. The summed E-state index contributed by atoms with van der Waals surface area (Å²) in [6, 6.07) is 4.04. The molecule has 2 aromatic rings. The van der Waals surface area contributed by atoms with E-state index < -0.39 is 10.8 Å². The molecule has 0 atom stereocenters. The number of rotatable bonds is 4. The molecule has 2 rings (SSSR count). The largest absolute Gasteiger partial charge is 0.298 e. The highest BCUT2D eigenvalue weighted by molar-refractivity contribution is 7.14. The van der Waals surface area contributed by atoms with Gasteiger partial charge in [-0.3, -0.25) is 20.2 Å². The molecule has 20 heavy (non-hydrogen) atoms. The first-order valence-electron chi connectivity index (χ1n) is 5.27. The summed E-state index contributed by atoms with van der Waals surface area (Å²) in [6.45, 7) is 0. The Balaban J connectivity index is 2.31. The number of carbonyl (C=O) groups excluding carboxylic acids is 1. The van der Waals surface area contributed by atoms with Gasteiger partial charge in [-0.25, -0.2) is 4.98 Å². The van der Waals surface area contributed by atoms with Gasteiger partial charge in [0.2, 0.25) is 0 Å². The SMILES string of the molecule is O=C(Nc1nc(CCl)cs1)c1c(Cl)cccc1[N+](=O)[O-]. The molecule has 1 N–H and O–H groups in total. The maximum Gasteiger partial charge on any atom is 0.283 e. The minimum atomic E-state index is -0.683. The minimum Gasteiger partial charge on any atom is -0.298 e. The summed E-state index contributed by atoms with van der Waals surface area (Å²) in [6.07, 6.45) is 0. The number of nitro benzene ring substituents is 1. The second-order valence-corrected chi connectivity index (χ2v) is 5.16. The molecule has 0 saturated carbocycles. The van der Waals surface area contributed by atoms with Gasteiger partial charge in [-0.15, -0.1) is 22.9 Å². The standard InChI is InChI=1S/C11H7Cl2N3O3S/c12-4-6-5-20-11(14-6)15-10(17)9-7(13)2-1-3-8(9)16(18)19/h1-3,5H,4H2,(H,14,15,17). The van der Waals surface area contributed by atoms with Crippen molar-refractivity contribution in [3.63, 3.8) is 0 Å². The molecule has 9 heteroatoms. The second kappa shape index (κ2) is 6.17. The number of aromatic nitrogens is 1. The average molecular weight is 332 g/mol. The van der Waals surface area contributed by atoms with Crippen molar-refractivity contribution in [3.05, 3.63) is 50.0 Å². The first-order chi connectivity index (χ1) is 9.52. The molecule has 0 fully saturated rings. The van der Waals surface area contributed by atoms with E-state index in [1.54, 1.807) is 5.38 Å². The lowest BCUT2D eigenvalue weighted by Crippen LogP contribution is -2.14. The van der Waals surface area contributed by atoms with E-state index in [1.807, 2.05) is 0 Å². The fourth-order valence-electron chi connectivity index (χ4n) is 1.48. The third-order valence-corrected chi connectivity index (χ3v) is 3.72. The van der Waals surface area contributed by atoms with Gasteiger partial charge < -0.3 is 0 Å². The molecule has 1 aromatic heterocycles. The van der Waals surface area contributed by atoms with Crippen LogP contribution in [0.25, 0.3) is 0 Å². The number of anilines is 1. The molecular weight excluding hydrogens is 325 g/mol. The monoisotopic (exact) mass is 331 g/mol. The highest BCUT2D eigenvalue weighted by Gasteiger charge is 2.23. The summed E-state index contributed by atoms with van der Waals surface area (Å²) >= 11 is 12.6. The maximum atomic E-state index is 12.1. The molecule has 6 nitrogen and oxygen atoms in total. The van der Waals surface area contributed by atoms with Gasteiger partial charge in [-0.2, -0.15) is 0 Å². The van der Waals surface area contributed by atoms with Crippen LogP contribution in [0.3, 0.4) is 0 Å². The summed E-state index contributed by atoms with van der Waals surface area (Å²) < 4.78 is 0. The Kier molecular flexibility index (Phi) is 4.53. The minimum absolute atomic E-state index is 0.00539. The smallest absolute Gasteiger partial charge is 0.283 e. The number of amides is 1. The molecule has 0 spiro atoms. The predicted octanol–water partition coefficient (Wildman–Crippen LogP) is 3.70. The number of hydrogen-bond acceptors (Lipinski definition) is 5. The summed E-state index contributed by atoms with van der Waals surface area (Å²) in [5, 5.41) is 15.4. The molecule has 0 aliphatic rings. The Morgan fingerprint density at radius 1 is 1.50 bits per heavy atom. The Hall–Kier alpha value is -1.70. The zero-order chi connectivity index (χ0) is 14.7. The van der Waals surface area contributed by atoms with Crippen LogP contribution in [0.5, 0.6) is 0 Å². The molecule has 1 aromatic carbocycles. The summed E-state index contributed by atoms with van der Waals surface area (Å²) in [5.41, 5.74) is 0.0616. The van der Waals surface area contributed by atoms with Crippen LogP contribution in [0.1, 0.15) is 16.1 Å². The molecule has 0 bridgehead atoms. The van der Waals surface area contributed by atoms with E-state index in [9.17, 15) is 14.9 Å². The topological polar surface area (TPSA) is 85.1 Å². The van der Waals surface area contributed by atoms with Crippen molar-refractivity contribution in [3.8, 4) is 0 Å².